The number of unbranched alkanes of at least 4 members (excludes halogenated alkanes) is 1. The number of nitrogens with zero attached hydrogens (tertiary/aromatic N) is 2. The molecule has 4 bridgehead atoms. The van der Waals surface area contributed by atoms with Gasteiger partial charge in [0.05, 0.1) is 5.56 Å². The molecule has 0 unspecified atom stereocenters. The molecule has 5 aliphatic rings. The van der Waals surface area contributed by atoms with Crippen molar-refractivity contribution in [2.45, 2.75) is 57.5 Å². The molecule has 1 heterocycles. The van der Waals surface area contributed by atoms with Gasteiger partial charge in [0.15, 0.2) is 0 Å². The van der Waals surface area contributed by atoms with Gasteiger partial charge in [-0.15, -0.1) is 0 Å². The van der Waals surface area contributed by atoms with Crippen LogP contribution in [0.3, 0.4) is 0 Å². The van der Waals surface area contributed by atoms with Gasteiger partial charge in [0.25, 0.3) is 0 Å². The minimum absolute atomic E-state index is 0.0703. The number of rotatable bonds is 7. The molecule has 0 radical (unpaired) electrons. The summed E-state index contributed by atoms with van der Waals surface area (Å²) in [5, 5.41) is 3.26. The third-order valence-corrected chi connectivity index (χ3v) is 8.79. The van der Waals surface area contributed by atoms with Crippen molar-refractivity contribution in [2.24, 2.45) is 23.2 Å². The van der Waals surface area contributed by atoms with E-state index in [4.69, 9.17) is 5.73 Å². The van der Waals surface area contributed by atoms with Gasteiger partial charge in [0, 0.05) is 49.5 Å². The lowest BCUT2D eigenvalue weighted by Crippen LogP contribution is -2.53. The number of carbonyl (C=O) groups excluding carboxylic acids is 1. The average molecular weight is 479 g/mol. The maximum absolute atomic E-state index is 13.2. The summed E-state index contributed by atoms with van der Waals surface area (Å²) in [5.41, 5.74) is 5.04. The number of anilines is 2. The Hall–Kier alpha value is -1.96. The molecule has 0 spiro atoms. The van der Waals surface area contributed by atoms with Crippen LogP contribution in [0.1, 0.15) is 56.9 Å². The molecule has 6 rings (SSSR count). The summed E-state index contributed by atoms with van der Waals surface area (Å²) < 4.78 is 39.5. The standard InChI is InChI=1S/C26H37F3N4O/c27-26(28,29)22-14-21(3-4-23(22)30)33-9-7-32(8-10-33)6-2-1-5-31-24(34)25-15-18-11-19(16-25)13-20(12-18)17-25/h3-4,14,18-20H,1-2,5-13,15-17,30H2,(H,31,34). The largest absolute Gasteiger partial charge is 0.418 e. The van der Waals surface area contributed by atoms with Gasteiger partial charge in [0.1, 0.15) is 0 Å². The van der Waals surface area contributed by atoms with Crippen molar-refractivity contribution in [1.82, 2.24) is 10.2 Å². The maximum Gasteiger partial charge on any atom is 0.418 e. The van der Waals surface area contributed by atoms with Crippen LogP contribution in [-0.2, 0) is 11.0 Å². The van der Waals surface area contributed by atoms with E-state index in [0.717, 1.165) is 82.1 Å². The van der Waals surface area contributed by atoms with E-state index in [2.05, 4.69) is 10.2 Å². The SMILES string of the molecule is Nc1ccc(N2CCN(CCCCNC(=O)C34CC5CC(CC(C5)C3)C4)CC2)cc1C(F)(F)F. The summed E-state index contributed by atoms with van der Waals surface area (Å²) in [6.07, 6.45) is 4.90. The summed E-state index contributed by atoms with van der Waals surface area (Å²) in [5.74, 6) is 2.65. The summed E-state index contributed by atoms with van der Waals surface area (Å²) in [6, 6.07) is 4.19. The Labute approximate surface area is 200 Å². The van der Waals surface area contributed by atoms with Crippen molar-refractivity contribution in [3.8, 4) is 0 Å². The van der Waals surface area contributed by atoms with Crippen LogP contribution in [0.4, 0.5) is 24.5 Å². The van der Waals surface area contributed by atoms with Crippen LogP contribution >= 0.6 is 0 Å². The van der Waals surface area contributed by atoms with Crippen LogP contribution in [-0.4, -0.2) is 50.1 Å². The quantitative estimate of drug-likeness (QED) is 0.447. The predicted molar refractivity (Wildman–Crippen MR) is 127 cm³/mol. The molecule has 188 valence electrons. The highest BCUT2D eigenvalue weighted by Crippen LogP contribution is 2.60. The third-order valence-electron chi connectivity index (χ3n) is 8.79. The lowest BCUT2D eigenvalue weighted by atomic mass is 9.49. The van der Waals surface area contributed by atoms with E-state index in [1.165, 1.54) is 25.3 Å². The van der Waals surface area contributed by atoms with E-state index in [1.54, 1.807) is 6.07 Å². The number of nitrogens with two attached hydrogens (primary N) is 1. The Bertz CT molecular complexity index is 859. The van der Waals surface area contributed by atoms with Gasteiger partial charge in [0.2, 0.25) is 5.91 Å². The monoisotopic (exact) mass is 478 g/mol. The van der Waals surface area contributed by atoms with Gasteiger partial charge < -0.3 is 16.0 Å². The minimum atomic E-state index is -4.44. The molecule has 34 heavy (non-hydrogen) atoms. The summed E-state index contributed by atoms with van der Waals surface area (Å²) in [6.45, 7) is 4.74. The lowest BCUT2D eigenvalue weighted by molar-refractivity contribution is -0.146. The molecule has 4 aliphatic carbocycles. The molecule has 1 amide bonds. The normalized spacial score (nSPS) is 31.1. The number of amides is 1. The van der Waals surface area contributed by atoms with Crippen LogP contribution < -0.4 is 16.0 Å². The number of nitrogens with one attached hydrogen (secondary N) is 1. The van der Waals surface area contributed by atoms with E-state index in [9.17, 15) is 18.0 Å². The molecular weight excluding hydrogens is 441 g/mol. The molecule has 1 aromatic rings. The molecule has 5 fully saturated rings. The zero-order valence-electron chi connectivity index (χ0n) is 19.9. The van der Waals surface area contributed by atoms with Gasteiger partial charge in [-0.1, -0.05) is 0 Å². The van der Waals surface area contributed by atoms with Gasteiger partial charge in [-0.05, 0) is 93.9 Å². The first kappa shape index (κ1) is 23.8. The highest BCUT2D eigenvalue weighted by molar-refractivity contribution is 5.83. The second-order valence-electron chi connectivity index (χ2n) is 11.3. The number of nitrogen functional groups attached to an aromatic ring is 1. The van der Waals surface area contributed by atoms with Crippen molar-refractivity contribution >= 4 is 17.3 Å². The van der Waals surface area contributed by atoms with Gasteiger partial charge in [-0.25, -0.2) is 0 Å². The number of carbonyl (C=O) groups is 1. The number of hydrogen-bond donors (Lipinski definition) is 2. The predicted octanol–water partition coefficient (Wildman–Crippen LogP) is 4.52. The second kappa shape index (κ2) is 9.25. The lowest BCUT2D eigenvalue weighted by Gasteiger charge is -2.55. The van der Waals surface area contributed by atoms with Crippen LogP contribution in [0.15, 0.2) is 18.2 Å². The molecular formula is C26H37F3N4O. The van der Waals surface area contributed by atoms with E-state index in [0.29, 0.717) is 24.7 Å². The van der Waals surface area contributed by atoms with Crippen molar-refractivity contribution in [1.29, 1.82) is 0 Å². The zero-order chi connectivity index (χ0) is 23.9. The fraction of sp³-hybridized carbons (Fsp3) is 0.731. The number of halogens is 3. The Kier molecular flexibility index (Phi) is 6.46. The van der Waals surface area contributed by atoms with Gasteiger partial charge >= 0.3 is 6.18 Å². The van der Waals surface area contributed by atoms with Crippen molar-refractivity contribution < 1.29 is 18.0 Å². The Morgan fingerprint density at radius 3 is 2.21 bits per heavy atom. The number of hydrogen-bond acceptors (Lipinski definition) is 4. The highest BCUT2D eigenvalue weighted by atomic mass is 19.4. The smallest absolute Gasteiger partial charge is 0.398 e. The topological polar surface area (TPSA) is 61.6 Å². The highest BCUT2D eigenvalue weighted by Gasteiger charge is 2.54. The first-order chi connectivity index (χ1) is 16.2. The molecule has 1 aromatic carbocycles. The first-order valence-corrected chi connectivity index (χ1v) is 12.9. The summed E-state index contributed by atoms with van der Waals surface area (Å²) in [4.78, 5) is 17.4. The Morgan fingerprint density at radius 1 is 1.00 bits per heavy atom. The summed E-state index contributed by atoms with van der Waals surface area (Å²) >= 11 is 0. The zero-order valence-corrected chi connectivity index (χ0v) is 19.9. The van der Waals surface area contributed by atoms with Crippen molar-refractivity contribution in [3.05, 3.63) is 23.8 Å². The van der Waals surface area contributed by atoms with E-state index < -0.39 is 11.7 Å². The number of piperazine rings is 1. The van der Waals surface area contributed by atoms with Crippen LogP contribution in [0.5, 0.6) is 0 Å². The fourth-order valence-electron chi connectivity index (χ4n) is 7.45. The second-order valence-corrected chi connectivity index (χ2v) is 11.3. The van der Waals surface area contributed by atoms with Crippen molar-refractivity contribution in [2.75, 3.05) is 49.9 Å². The fourth-order valence-corrected chi connectivity index (χ4v) is 7.45. The van der Waals surface area contributed by atoms with E-state index in [-0.39, 0.29) is 11.1 Å². The molecule has 0 atom stereocenters. The number of alkyl halides is 3. The molecule has 5 nitrogen and oxygen atoms in total. The molecule has 4 saturated carbocycles. The van der Waals surface area contributed by atoms with E-state index in [1.807, 2.05) is 4.90 Å². The molecule has 1 saturated heterocycles. The van der Waals surface area contributed by atoms with Gasteiger partial charge in [-0.3, -0.25) is 9.69 Å². The van der Waals surface area contributed by atoms with E-state index >= 15 is 0 Å². The Morgan fingerprint density at radius 2 is 1.62 bits per heavy atom. The summed E-state index contributed by atoms with van der Waals surface area (Å²) in [7, 11) is 0. The van der Waals surface area contributed by atoms with Crippen molar-refractivity contribution in [3.63, 3.8) is 0 Å². The van der Waals surface area contributed by atoms with Crippen LogP contribution in [0.2, 0.25) is 0 Å². The third kappa shape index (κ3) is 4.88. The average Bonchev–Trinajstić information content (AvgIpc) is 2.78. The molecule has 8 heteroatoms. The first-order valence-electron chi connectivity index (χ1n) is 12.9. The molecule has 0 aromatic heterocycles. The van der Waals surface area contributed by atoms with Gasteiger partial charge in [-0.2, -0.15) is 13.2 Å². The Balaban J connectivity index is 1.02. The molecule has 1 aliphatic heterocycles. The van der Waals surface area contributed by atoms with Crippen LogP contribution in [0, 0.1) is 23.2 Å². The maximum atomic E-state index is 13.2. The number of benzene rings is 1. The van der Waals surface area contributed by atoms with Crippen LogP contribution in [0.25, 0.3) is 0 Å². The minimum Gasteiger partial charge on any atom is -0.398 e. The molecule has 3 N–H and O–H groups in total.